The van der Waals surface area contributed by atoms with Crippen molar-refractivity contribution in [3.63, 3.8) is 0 Å². The Kier molecular flexibility index (Phi) is 10.7. The average molecular weight is 680 g/mol. The number of para-hydroxylation sites is 2. The topological polar surface area (TPSA) is 135 Å². The SMILES string of the molecule is CC(C)(C)OC(=O)N(C(=O)OC(C)(C)C)c1ncc(-c2cccc(OCCCCl)c2)nc1-c1nc2ccccc2n1C(=O)OC(C)(C)C. The van der Waals surface area contributed by atoms with E-state index in [1.807, 2.05) is 0 Å². The lowest BCUT2D eigenvalue weighted by atomic mass is 10.1. The molecule has 0 atom stereocenters. The highest BCUT2D eigenvalue weighted by molar-refractivity contribution is 6.17. The van der Waals surface area contributed by atoms with E-state index in [1.54, 1.807) is 111 Å². The molecule has 48 heavy (non-hydrogen) atoms. The third kappa shape index (κ3) is 9.21. The van der Waals surface area contributed by atoms with Crippen molar-refractivity contribution in [3.8, 4) is 28.5 Å². The number of nitrogens with zero attached hydrogens (tertiary/aromatic N) is 5. The van der Waals surface area contributed by atoms with E-state index in [4.69, 9.17) is 40.5 Å². The van der Waals surface area contributed by atoms with Gasteiger partial charge in [0.2, 0.25) is 0 Å². The van der Waals surface area contributed by atoms with Crippen LogP contribution in [0.15, 0.2) is 54.7 Å². The van der Waals surface area contributed by atoms with Crippen molar-refractivity contribution < 1.29 is 33.3 Å². The first kappa shape index (κ1) is 36.1. The van der Waals surface area contributed by atoms with Gasteiger partial charge in [-0.15, -0.1) is 11.6 Å². The Morgan fingerprint density at radius 3 is 2.04 bits per heavy atom. The van der Waals surface area contributed by atoms with Crippen LogP contribution in [-0.4, -0.2) is 67.1 Å². The molecule has 0 aliphatic carbocycles. The Morgan fingerprint density at radius 1 is 0.812 bits per heavy atom. The number of fused-ring (bicyclic) bond motifs is 1. The Balaban J connectivity index is 2.03. The van der Waals surface area contributed by atoms with Crippen LogP contribution in [0.4, 0.5) is 20.2 Å². The molecule has 0 aliphatic rings. The molecule has 12 nitrogen and oxygen atoms in total. The van der Waals surface area contributed by atoms with Gasteiger partial charge in [0.25, 0.3) is 0 Å². The summed E-state index contributed by atoms with van der Waals surface area (Å²) in [6.45, 7) is 15.6. The van der Waals surface area contributed by atoms with E-state index >= 15 is 0 Å². The molecular formula is C35H42ClN5O7. The summed E-state index contributed by atoms with van der Waals surface area (Å²) in [6, 6.07) is 14.1. The molecule has 13 heteroatoms. The van der Waals surface area contributed by atoms with Crippen LogP contribution in [0.2, 0.25) is 0 Å². The molecule has 0 saturated heterocycles. The Labute approximate surface area is 285 Å². The standard InChI is InChI=1S/C35H42ClN5O7/c1-33(2,3)46-30(42)40-26-17-11-10-16-24(26)39-29(40)27-28(41(31(43)47-34(4,5)6)32(44)48-35(7,8)9)37-21-25(38-27)22-14-12-15-23(20-22)45-19-13-18-36/h10-12,14-17,20-21H,13,18-19H2,1-9H3. The highest BCUT2D eigenvalue weighted by atomic mass is 35.5. The quantitative estimate of drug-likeness (QED) is 0.106. The molecule has 2 aromatic carbocycles. The van der Waals surface area contributed by atoms with Gasteiger partial charge in [-0.3, -0.25) is 0 Å². The van der Waals surface area contributed by atoms with E-state index in [0.717, 1.165) is 0 Å². The number of imide groups is 1. The lowest BCUT2D eigenvalue weighted by molar-refractivity contribution is 0.0427. The third-order valence-corrected chi connectivity index (χ3v) is 6.41. The van der Waals surface area contributed by atoms with Crippen molar-refractivity contribution in [3.05, 3.63) is 54.7 Å². The molecule has 4 rings (SSSR count). The molecule has 0 N–H and O–H groups in total. The van der Waals surface area contributed by atoms with Crippen molar-refractivity contribution in [2.75, 3.05) is 17.4 Å². The Morgan fingerprint density at radius 2 is 1.44 bits per heavy atom. The molecule has 2 heterocycles. The summed E-state index contributed by atoms with van der Waals surface area (Å²) in [4.78, 5) is 56.2. The predicted octanol–water partition coefficient (Wildman–Crippen LogP) is 8.63. The van der Waals surface area contributed by atoms with Gasteiger partial charge < -0.3 is 18.9 Å². The lowest BCUT2D eigenvalue weighted by Crippen LogP contribution is -2.44. The van der Waals surface area contributed by atoms with E-state index in [0.29, 0.717) is 51.8 Å². The molecule has 0 saturated carbocycles. The zero-order valence-corrected chi connectivity index (χ0v) is 29.5. The van der Waals surface area contributed by atoms with Crippen molar-refractivity contribution in [1.29, 1.82) is 0 Å². The van der Waals surface area contributed by atoms with E-state index < -0.39 is 35.1 Å². The van der Waals surface area contributed by atoms with Gasteiger partial charge in [-0.1, -0.05) is 24.3 Å². The highest BCUT2D eigenvalue weighted by Gasteiger charge is 2.38. The minimum Gasteiger partial charge on any atom is -0.494 e. The number of hydrogen-bond donors (Lipinski definition) is 0. The summed E-state index contributed by atoms with van der Waals surface area (Å²) in [5.41, 5.74) is -1.12. The van der Waals surface area contributed by atoms with Crippen LogP contribution in [0.5, 0.6) is 5.75 Å². The van der Waals surface area contributed by atoms with Gasteiger partial charge in [0, 0.05) is 11.4 Å². The van der Waals surface area contributed by atoms with Gasteiger partial charge in [0.15, 0.2) is 17.3 Å². The van der Waals surface area contributed by atoms with E-state index in [9.17, 15) is 14.4 Å². The summed E-state index contributed by atoms with van der Waals surface area (Å²) in [6.07, 6.45) is -0.806. The monoisotopic (exact) mass is 679 g/mol. The average Bonchev–Trinajstić information content (AvgIpc) is 3.35. The van der Waals surface area contributed by atoms with Crippen LogP contribution in [0.3, 0.4) is 0 Å². The largest absolute Gasteiger partial charge is 0.494 e. The van der Waals surface area contributed by atoms with Crippen molar-refractivity contribution in [1.82, 2.24) is 19.5 Å². The van der Waals surface area contributed by atoms with Gasteiger partial charge in [0.1, 0.15) is 22.6 Å². The van der Waals surface area contributed by atoms with E-state index in [2.05, 4.69) is 4.98 Å². The third-order valence-electron chi connectivity index (χ3n) is 6.14. The maximum atomic E-state index is 13.8. The maximum Gasteiger partial charge on any atom is 0.425 e. The minimum absolute atomic E-state index is 0.0264. The van der Waals surface area contributed by atoms with Crippen LogP contribution < -0.4 is 9.64 Å². The number of halogens is 1. The maximum absolute atomic E-state index is 13.8. The predicted molar refractivity (Wildman–Crippen MR) is 184 cm³/mol. The lowest BCUT2D eigenvalue weighted by Gasteiger charge is -2.28. The number of aromatic nitrogens is 4. The number of hydrogen-bond acceptors (Lipinski definition) is 10. The second kappa shape index (κ2) is 14.2. The number of imidazole rings is 1. The fourth-order valence-electron chi connectivity index (χ4n) is 4.37. The van der Waals surface area contributed by atoms with E-state index in [-0.39, 0.29) is 17.3 Å². The molecule has 0 radical (unpaired) electrons. The summed E-state index contributed by atoms with van der Waals surface area (Å²) >= 11 is 5.82. The number of alkyl halides is 1. The summed E-state index contributed by atoms with van der Waals surface area (Å²) < 4.78 is 24.1. The highest BCUT2D eigenvalue weighted by Crippen LogP contribution is 2.35. The molecule has 0 fully saturated rings. The van der Waals surface area contributed by atoms with Crippen molar-refractivity contribution >= 4 is 46.7 Å². The smallest absolute Gasteiger partial charge is 0.425 e. The van der Waals surface area contributed by atoms with Crippen LogP contribution in [0.1, 0.15) is 68.7 Å². The van der Waals surface area contributed by atoms with Gasteiger partial charge in [-0.05, 0) is 93.0 Å². The number of carbonyl (C=O) groups excluding carboxylic acids is 3. The molecule has 2 amide bonds. The van der Waals surface area contributed by atoms with Gasteiger partial charge >= 0.3 is 18.3 Å². The van der Waals surface area contributed by atoms with Crippen LogP contribution >= 0.6 is 11.6 Å². The fraction of sp³-hybridized carbons (Fsp3) is 0.429. The second-order valence-electron chi connectivity index (χ2n) is 13.9. The number of anilines is 1. The zero-order chi connectivity index (χ0) is 35.4. The van der Waals surface area contributed by atoms with Crippen LogP contribution in [0, 0.1) is 0 Å². The Hall–Kier alpha value is -4.71. The molecule has 0 bridgehead atoms. The van der Waals surface area contributed by atoms with Gasteiger partial charge in [-0.25, -0.2) is 33.9 Å². The molecule has 0 spiro atoms. The fourth-order valence-corrected chi connectivity index (χ4v) is 4.47. The molecule has 256 valence electrons. The number of amides is 2. The second-order valence-corrected chi connectivity index (χ2v) is 14.3. The normalized spacial score (nSPS) is 12.0. The van der Waals surface area contributed by atoms with Crippen molar-refractivity contribution in [2.45, 2.75) is 85.5 Å². The number of rotatable bonds is 7. The summed E-state index contributed by atoms with van der Waals surface area (Å²) in [7, 11) is 0. The first-order chi connectivity index (χ1) is 22.4. The number of ether oxygens (including phenoxy) is 4. The van der Waals surface area contributed by atoms with E-state index in [1.165, 1.54) is 10.8 Å². The summed E-state index contributed by atoms with van der Waals surface area (Å²) in [5, 5.41) is 0. The van der Waals surface area contributed by atoms with Gasteiger partial charge in [0.05, 0.1) is 29.5 Å². The summed E-state index contributed by atoms with van der Waals surface area (Å²) in [5.74, 6) is 0.744. The number of carbonyl (C=O) groups is 3. The zero-order valence-electron chi connectivity index (χ0n) is 28.8. The van der Waals surface area contributed by atoms with Crippen LogP contribution in [-0.2, 0) is 14.2 Å². The minimum atomic E-state index is -1.06. The Bertz CT molecular complexity index is 1770. The molecule has 2 aromatic heterocycles. The van der Waals surface area contributed by atoms with Gasteiger partial charge in [-0.2, -0.15) is 4.90 Å². The van der Waals surface area contributed by atoms with Crippen molar-refractivity contribution in [2.24, 2.45) is 0 Å². The first-order valence-corrected chi connectivity index (χ1v) is 16.0. The van der Waals surface area contributed by atoms with Crippen LogP contribution in [0.25, 0.3) is 33.8 Å². The molecular weight excluding hydrogens is 638 g/mol. The molecule has 0 aliphatic heterocycles. The molecule has 4 aromatic rings. The molecule has 0 unspecified atom stereocenters. The number of benzene rings is 2. The first-order valence-electron chi connectivity index (χ1n) is 15.5.